The first-order chi connectivity index (χ1) is 8.16. The van der Waals surface area contributed by atoms with Crippen molar-refractivity contribution in [1.82, 2.24) is 20.7 Å². The normalized spacial score (nSPS) is 12.1. The highest BCUT2D eigenvalue weighted by molar-refractivity contribution is 9.10. The first kappa shape index (κ1) is 11.8. The summed E-state index contributed by atoms with van der Waals surface area (Å²) in [6.07, 6.45) is 1.39. The van der Waals surface area contributed by atoms with Gasteiger partial charge in [0.15, 0.2) is 5.69 Å². The van der Waals surface area contributed by atoms with E-state index in [0.717, 1.165) is 10.0 Å². The minimum absolute atomic E-state index is 0.0864. The predicted molar refractivity (Wildman–Crippen MR) is 66.4 cm³/mol. The van der Waals surface area contributed by atoms with Gasteiger partial charge in [0, 0.05) is 4.47 Å². The van der Waals surface area contributed by atoms with Crippen molar-refractivity contribution in [2.75, 3.05) is 0 Å². The summed E-state index contributed by atoms with van der Waals surface area (Å²) in [5.74, 6) is -0.244. The van der Waals surface area contributed by atoms with Crippen LogP contribution in [-0.4, -0.2) is 21.3 Å². The van der Waals surface area contributed by atoms with Gasteiger partial charge < -0.3 is 5.32 Å². The molecule has 0 aliphatic carbocycles. The quantitative estimate of drug-likeness (QED) is 0.910. The third-order valence-electron chi connectivity index (χ3n) is 2.34. The van der Waals surface area contributed by atoms with Gasteiger partial charge in [0.2, 0.25) is 0 Å². The topological polar surface area (TPSA) is 70.7 Å². The highest BCUT2D eigenvalue weighted by Gasteiger charge is 2.13. The van der Waals surface area contributed by atoms with Crippen LogP contribution in [0.15, 0.2) is 34.9 Å². The van der Waals surface area contributed by atoms with E-state index in [-0.39, 0.29) is 17.6 Å². The van der Waals surface area contributed by atoms with Gasteiger partial charge in [0.05, 0.1) is 12.2 Å². The maximum Gasteiger partial charge on any atom is 0.273 e. The number of halogens is 1. The third-order valence-corrected chi connectivity index (χ3v) is 2.84. The van der Waals surface area contributed by atoms with Crippen molar-refractivity contribution < 1.29 is 4.79 Å². The molecule has 1 atom stereocenters. The van der Waals surface area contributed by atoms with E-state index in [2.05, 4.69) is 36.7 Å². The van der Waals surface area contributed by atoms with E-state index in [0.29, 0.717) is 0 Å². The number of rotatable bonds is 3. The van der Waals surface area contributed by atoms with Crippen LogP contribution < -0.4 is 5.32 Å². The zero-order valence-electron chi connectivity index (χ0n) is 9.14. The molecule has 5 nitrogen and oxygen atoms in total. The molecule has 1 aromatic carbocycles. The number of nitrogens with one attached hydrogen (secondary N) is 2. The average molecular weight is 295 g/mol. The van der Waals surface area contributed by atoms with Crippen molar-refractivity contribution in [2.45, 2.75) is 13.0 Å². The van der Waals surface area contributed by atoms with Crippen LogP contribution >= 0.6 is 15.9 Å². The van der Waals surface area contributed by atoms with Crippen LogP contribution in [0.5, 0.6) is 0 Å². The molecule has 1 heterocycles. The van der Waals surface area contributed by atoms with Crippen LogP contribution in [0.4, 0.5) is 0 Å². The van der Waals surface area contributed by atoms with Gasteiger partial charge in [-0.1, -0.05) is 28.1 Å². The fourth-order valence-corrected chi connectivity index (χ4v) is 1.86. The molecule has 6 heteroatoms. The highest BCUT2D eigenvalue weighted by atomic mass is 79.9. The average Bonchev–Trinajstić information content (AvgIpc) is 2.82. The Labute approximate surface area is 107 Å². The molecule has 1 unspecified atom stereocenters. The van der Waals surface area contributed by atoms with Crippen molar-refractivity contribution in [3.05, 3.63) is 46.2 Å². The van der Waals surface area contributed by atoms with Crippen molar-refractivity contribution in [3.8, 4) is 0 Å². The van der Waals surface area contributed by atoms with Gasteiger partial charge in [-0.15, -0.1) is 0 Å². The fraction of sp³-hybridized carbons (Fsp3) is 0.182. The summed E-state index contributed by atoms with van der Waals surface area (Å²) in [6.45, 7) is 1.92. The molecule has 2 aromatic rings. The number of carbonyl (C=O) groups excluding carboxylic acids is 1. The van der Waals surface area contributed by atoms with Gasteiger partial charge in [-0.05, 0) is 24.6 Å². The van der Waals surface area contributed by atoms with Crippen LogP contribution in [0.2, 0.25) is 0 Å². The Morgan fingerprint density at radius 3 is 3.00 bits per heavy atom. The van der Waals surface area contributed by atoms with E-state index in [4.69, 9.17) is 0 Å². The largest absolute Gasteiger partial charge is 0.344 e. The first-order valence-electron chi connectivity index (χ1n) is 5.09. The number of aromatic nitrogens is 3. The van der Waals surface area contributed by atoms with E-state index in [1.807, 2.05) is 31.2 Å². The molecule has 88 valence electrons. The van der Waals surface area contributed by atoms with Crippen LogP contribution in [0.3, 0.4) is 0 Å². The second-order valence-electron chi connectivity index (χ2n) is 3.61. The number of carbonyl (C=O) groups is 1. The summed E-state index contributed by atoms with van der Waals surface area (Å²) in [7, 11) is 0. The Morgan fingerprint density at radius 2 is 2.35 bits per heavy atom. The Balaban J connectivity index is 2.07. The van der Waals surface area contributed by atoms with E-state index in [9.17, 15) is 4.79 Å². The van der Waals surface area contributed by atoms with Crippen molar-refractivity contribution in [3.63, 3.8) is 0 Å². The number of benzene rings is 1. The summed E-state index contributed by atoms with van der Waals surface area (Å²) in [5, 5.41) is 12.6. The second kappa shape index (κ2) is 5.09. The van der Waals surface area contributed by atoms with Crippen LogP contribution in [0.1, 0.15) is 29.0 Å². The molecule has 17 heavy (non-hydrogen) atoms. The molecule has 0 aliphatic rings. The summed E-state index contributed by atoms with van der Waals surface area (Å²) < 4.78 is 0.984. The van der Waals surface area contributed by atoms with Gasteiger partial charge in [0.25, 0.3) is 5.91 Å². The van der Waals surface area contributed by atoms with Crippen molar-refractivity contribution in [2.24, 2.45) is 0 Å². The number of H-pyrrole nitrogens is 1. The number of amides is 1. The van der Waals surface area contributed by atoms with Crippen molar-refractivity contribution >= 4 is 21.8 Å². The maximum atomic E-state index is 11.7. The summed E-state index contributed by atoms with van der Waals surface area (Å²) in [6, 6.07) is 7.71. The van der Waals surface area contributed by atoms with Gasteiger partial charge >= 0.3 is 0 Å². The zero-order chi connectivity index (χ0) is 12.3. The van der Waals surface area contributed by atoms with Crippen molar-refractivity contribution in [1.29, 1.82) is 0 Å². The SMILES string of the molecule is CC(NC(=O)c1cn[nH]n1)c1cccc(Br)c1. The van der Waals surface area contributed by atoms with Gasteiger partial charge in [-0.2, -0.15) is 15.4 Å². The van der Waals surface area contributed by atoms with Gasteiger partial charge in [-0.3, -0.25) is 4.79 Å². The molecule has 0 aliphatic heterocycles. The smallest absolute Gasteiger partial charge is 0.273 e. The fourth-order valence-electron chi connectivity index (χ4n) is 1.44. The Bertz CT molecular complexity index is 512. The van der Waals surface area contributed by atoms with Gasteiger partial charge in [0.1, 0.15) is 0 Å². The number of hydrogen-bond acceptors (Lipinski definition) is 3. The summed E-state index contributed by atoms with van der Waals surface area (Å²) >= 11 is 3.40. The summed E-state index contributed by atoms with van der Waals surface area (Å²) in [4.78, 5) is 11.7. The molecule has 0 saturated carbocycles. The molecule has 0 spiro atoms. The lowest BCUT2D eigenvalue weighted by atomic mass is 10.1. The number of nitrogens with zero attached hydrogens (tertiary/aromatic N) is 2. The van der Waals surface area contributed by atoms with Crippen LogP contribution in [0, 0.1) is 0 Å². The number of hydrogen-bond donors (Lipinski definition) is 2. The van der Waals surface area contributed by atoms with E-state index >= 15 is 0 Å². The van der Waals surface area contributed by atoms with E-state index < -0.39 is 0 Å². The monoisotopic (exact) mass is 294 g/mol. The van der Waals surface area contributed by atoms with E-state index in [1.165, 1.54) is 6.20 Å². The third kappa shape index (κ3) is 2.91. The molecular weight excluding hydrogens is 284 g/mol. The summed E-state index contributed by atoms with van der Waals surface area (Å²) in [5.41, 5.74) is 1.31. The maximum absolute atomic E-state index is 11.7. The minimum atomic E-state index is -0.244. The molecule has 1 aromatic heterocycles. The lowest BCUT2D eigenvalue weighted by Crippen LogP contribution is -2.26. The Hall–Kier alpha value is -1.69. The minimum Gasteiger partial charge on any atom is -0.344 e. The van der Waals surface area contributed by atoms with Crippen LogP contribution in [0.25, 0.3) is 0 Å². The molecule has 0 radical (unpaired) electrons. The predicted octanol–water partition coefficient (Wildman–Crippen LogP) is 2.06. The molecule has 0 bridgehead atoms. The standard InChI is InChI=1S/C11H11BrN4O/c1-7(8-3-2-4-9(12)5-8)14-11(17)10-6-13-16-15-10/h2-7H,1H3,(H,14,17)(H,13,15,16). The molecule has 2 rings (SSSR count). The van der Waals surface area contributed by atoms with Gasteiger partial charge in [-0.25, -0.2) is 0 Å². The molecule has 1 amide bonds. The highest BCUT2D eigenvalue weighted by Crippen LogP contribution is 2.17. The van der Waals surface area contributed by atoms with Crippen LogP contribution in [-0.2, 0) is 0 Å². The molecular formula is C11H11BrN4O. The molecule has 0 fully saturated rings. The first-order valence-corrected chi connectivity index (χ1v) is 5.88. The second-order valence-corrected chi connectivity index (χ2v) is 4.52. The Morgan fingerprint density at radius 1 is 1.53 bits per heavy atom. The van der Waals surface area contributed by atoms with E-state index in [1.54, 1.807) is 0 Å². The molecule has 0 saturated heterocycles. The number of aromatic amines is 1. The zero-order valence-corrected chi connectivity index (χ0v) is 10.7. The lowest BCUT2D eigenvalue weighted by Gasteiger charge is -2.13. The molecule has 2 N–H and O–H groups in total. The Kier molecular flexibility index (Phi) is 3.53. The lowest BCUT2D eigenvalue weighted by molar-refractivity contribution is 0.0935.